The first-order valence-electron chi connectivity index (χ1n) is 9.94. The SMILES string of the molecule is Cc1ccc(S(=O)(=O)NCCn2ncc3c(N4CCCCC4)ncnc32)cc1C. The van der Waals surface area contributed by atoms with Crippen molar-refractivity contribution in [3.63, 3.8) is 0 Å². The lowest BCUT2D eigenvalue weighted by atomic mass is 10.1. The van der Waals surface area contributed by atoms with E-state index in [9.17, 15) is 8.42 Å². The van der Waals surface area contributed by atoms with Crippen LogP contribution in [0.5, 0.6) is 0 Å². The topological polar surface area (TPSA) is 93.0 Å². The van der Waals surface area contributed by atoms with Crippen molar-refractivity contribution in [3.05, 3.63) is 41.9 Å². The molecule has 29 heavy (non-hydrogen) atoms. The molecule has 1 aliphatic heterocycles. The predicted octanol–water partition coefficient (Wildman–Crippen LogP) is 2.41. The van der Waals surface area contributed by atoms with E-state index in [-0.39, 0.29) is 11.4 Å². The molecule has 3 heterocycles. The first-order chi connectivity index (χ1) is 14.0. The van der Waals surface area contributed by atoms with E-state index in [4.69, 9.17) is 0 Å². The van der Waals surface area contributed by atoms with E-state index >= 15 is 0 Å². The van der Waals surface area contributed by atoms with Gasteiger partial charge in [-0.25, -0.2) is 27.8 Å². The molecule has 8 nitrogen and oxygen atoms in total. The van der Waals surface area contributed by atoms with Crippen LogP contribution in [-0.4, -0.2) is 47.8 Å². The summed E-state index contributed by atoms with van der Waals surface area (Å²) in [6.07, 6.45) is 6.92. The number of rotatable bonds is 6. The van der Waals surface area contributed by atoms with Crippen LogP contribution >= 0.6 is 0 Å². The van der Waals surface area contributed by atoms with Crippen LogP contribution in [0, 0.1) is 13.8 Å². The second-order valence-electron chi connectivity index (χ2n) is 7.49. The Labute approximate surface area is 171 Å². The summed E-state index contributed by atoms with van der Waals surface area (Å²) < 4.78 is 29.5. The summed E-state index contributed by atoms with van der Waals surface area (Å²) in [5.41, 5.74) is 2.75. The highest BCUT2D eigenvalue weighted by molar-refractivity contribution is 7.89. The molecule has 3 aromatic rings. The van der Waals surface area contributed by atoms with E-state index in [0.717, 1.165) is 41.1 Å². The Balaban J connectivity index is 1.48. The fourth-order valence-electron chi connectivity index (χ4n) is 3.65. The zero-order chi connectivity index (χ0) is 20.4. The number of hydrogen-bond acceptors (Lipinski definition) is 6. The van der Waals surface area contributed by atoms with E-state index in [1.807, 2.05) is 19.9 Å². The number of piperidine rings is 1. The highest BCUT2D eigenvalue weighted by Gasteiger charge is 2.18. The summed E-state index contributed by atoms with van der Waals surface area (Å²) in [6.45, 7) is 6.48. The molecule has 1 aromatic carbocycles. The fraction of sp³-hybridized carbons (Fsp3) is 0.450. The molecule has 1 aliphatic rings. The average Bonchev–Trinajstić information content (AvgIpc) is 3.14. The molecule has 1 saturated heterocycles. The Bertz CT molecular complexity index is 1120. The van der Waals surface area contributed by atoms with E-state index in [0.29, 0.717) is 6.54 Å². The summed E-state index contributed by atoms with van der Waals surface area (Å²) in [4.78, 5) is 11.4. The van der Waals surface area contributed by atoms with Crippen LogP contribution in [0.1, 0.15) is 30.4 Å². The normalized spacial score (nSPS) is 15.2. The summed E-state index contributed by atoms with van der Waals surface area (Å²) in [7, 11) is -3.56. The van der Waals surface area contributed by atoms with Crippen molar-refractivity contribution in [2.75, 3.05) is 24.5 Å². The van der Waals surface area contributed by atoms with Gasteiger partial charge in [0.2, 0.25) is 10.0 Å². The van der Waals surface area contributed by atoms with Gasteiger partial charge in [-0.3, -0.25) is 0 Å². The highest BCUT2D eigenvalue weighted by Crippen LogP contribution is 2.25. The van der Waals surface area contributed by atoms with Gasteiger partial charge in [0, 0.05) is 19.6 Å². The number of nitrogens with one attached hydrogen (secondary N) is 1. The number of hydrogen-bond donors (Lipinski definition) is 1. The molecule has 0 atom stereocenters. The summed E-state index contributed by atoms with van der Waals surface area (Å²) in [5.74, 6) is 0.914. The van der Waals surface area contributed by atoms with E-state index in [2.05, 4.69) is 24.7 Å². The Hall–Kier alpha value is -2.52. The number of sulfonamides is 1. The molecular formula is C20H26N6O2S. The molecule has 0 saturated carbocycles. The Morgan fingerprint density at radius 1 is 1.07 bits per heavy atom. The minimum absolute atomic E-state index is 0.231. The molecule has 1 N–H and O–H groups in total. The number of nitrogens with zero attached hydrogens (tertiary/aromatic N) is 5. The third kappa shape index (κ3) is 4.11. The summed E-state index contributed by atoms with van der Waals surface area (Å²) in [6, 6.07) is 5.15. The van der Waals surface area contributed by atoms with Crippen LogP contribution in [0.25, 0.3) is 11.0 Å². The standard InChI is InChI=1S/C20H26N6O2S/c1-15-6-7-17(12-16(15)2)29(27,28)24-8-11-26-20-18(13-23-26)19(21-14-22-20)25-9-4-3-5-10-25/h6-7,12-14,24H,3-5,8-11H2,1-2H3. The van der Waals surface area contributed by atoms with Crippen molar-refractivity contribution in [1.29, 1.82) is 0 Å². The van der Waals surface area contributed by atoms with Crippen molar-refractivity contribution in [2.45, 2.75) is 44.6 Å². The Kier molecular flexibility index (Phi) is 5.51. The molecule has 0 bridgehead atoms. The Morgan fingerprint density at radius 3 is 2.62 bits per heavy atom. The third-order valence-electron chi connectivity index (χ3n) is 5.47. The van der Waals surface area contributed by atoms with Gasteiger partial charge in [0.15, 0.2) is 5.65 Å². The highest BCUT2D eigenvalue weighted by atomic mass is 32.2. The lowest BCUT2D eigenvalue weighted by Gasteiger charge is -2.27. The maximum Gasteiger partial charge on any atom is 0.240 e. The largest absolute Gasteiger partial charge is 0.356 e. The molecule has 1 fully saturated rings. The van der Waals surface area contributed by atoms with Gasteiger partial charge in [0.25, 0.3) is 0 Å². The number of aryl methyl sites for hydroxylation is 2. The van der Waals surface area contributed by atoms with Crippen molar-refractivity contribution < 1.29 is 8.42 Å². The average molecular weight is 415 g/mol. The van der Waals surface area contributed by atoms with Crippen LogP contribution in [0.2, 0.25) is 0 Å². The van der Waals surface area contributed by atoms with Gasteiger partial charge in [-0.1, -0.05) is 6.07 Å². The van der Waals surface area contributed by atoms with Crippen molar-refractivity contribution in [1.82, 2.24) is 24.5 Å². The van der Waals surface area contributed by atoms with Gasteiger partial charge in [0.1, 0.15) is 12.1 Å². The first kappa shape index (κ1) is 19.8. The predicted molar refractivity (Wildman–Crippen MR) is 112 cm³/mol. The van der Waals surface area contributed by atoms with E-state index in [1.165, 1.54) is 19.3 Å². The zero-order valence-corrected chi connectivity index (χ0v) is 17.6. The second kappa shape index (κ2) is 8.08. The Morgan fingerprint density at radius 2 is 1.86 bits per heavy atom. The third-order valence-corrected chi connectivity index (χ3v) is 6.93. The van der Waals surface area contributed by atoms with Gasteiger partial charge in [-0.2, -0.15) is 5.10 Å². The summed E-state index contributed by atoms with van der Waals surface area (Å²) in [5, 5.41) is 5.33. The molecule has 0 radical (unpaired) electrons. The quantitative estimate of drug-likeness (QED) is 0.666. The fourth-order valence-corrected chi connectivity index (χ4v) is 4.76. The monoisotopic (exact) mass is 414 g/mol. The minimum Gasteiger partial charge on any atom is -0.356 e. The van der Waals surface area contributed by atoms with Gasteiger partial charge in [-0.05, 0) is 56.4 Å². The molecular weight excluding hydrogens is 388 g/mol. The van der Waals surface area contributed by atoms with E-state index in [1.54, 1.807) is 29.3 Å². The smallest absolute Gasteiger partial charge is 0.240 e. The zero-order valence-electron chi connectivity index (χ0n) is 16.8. The number of aromatic nitrogens is 4. The maximum absolute atomic E-state index is 12.6. The van der Waals surface area contributed by atoms with Crippen LogP contribution < -0.4 is 9.62 Å². The van der Waals surface area contributed by atoms with Gasteiger partial charge in [-0.15, -0.1) is 0 Å². The summed E-state index contributed by atoms with van der Waals surface area (Å²) >= 11 is 0. The number of anilines is 1. The molecule has 0 spiro atoms. The van der Waals surface area contributed by atoms with Crippen LogP contribution in [0.3, 0.4) is 0 Å². The molecule has 2 aromatic heterocycles. The molecule has 0 amide bonds. The first-order valence-corrected chi connectivity index (χ1v) is 11.4. The number of fused-ring (bicyclic) bond motifs is 1. The molecule has 9 heteroatoms. The minimum atomic E-state index is -3.56. The molecule has 0 aliphatic carbocycles. The van der Waals surface area contributed by atoms with Crippen LogP contribution in [0.15, 0.2) is 35.6 Å². The van der Waals surface area contributed by atoms with Crippen LogP contribution in [0.4, 0.5) is 5.82 Å². The van der Waals surface area contributed by atoms with Gasteiger partial charge in [0.05, 0.1) is 23.0 Å². The maximum atomic E-state index is 12.6. The van der Waals surface area contributed by atoms with Gasteiger partial charge >= 0.3 is 0 Å². The second-order valence-corrected chi connectivity index (χ2v) is 9.26. The van der Waals surface area contributed by atoms with Crippen LogP contribution in [-0.2, 0) is 16.6 Å². The molecule has 154 valence electrons. The lowest BCUT2D eigenvalue weighted by molar-refractivity contribution is 0.564. The van der Waals surface area contributed by atoms with Crippen molar-refractivity contribution in [2.24, 2.45) is 0 Å². The van der Waals surface area contributed by atoms with Crippen molar-refractivity contribution >= 4 is 26.9 Å². The van der Waals surface area contributed by atoms with Crippen molar-refractivity contribution in [3.8, 4) is 0 Å². The van der Waals surface area contributed by atoms with Gasteiger partial charge < -0.3 is 4.90 Å². The van der Waals surface area contributed by atoms with E-state index < -0.39 is 10.0 Å². The molecule has 4 rings (SSSR count). The lowest BCUT2D eigenvalue weighted by Crippen LogP contribution is -2.30. The number of benzene rings is 1. The molecule has 0 unspecified atom stereocenters.